The van der Waals surface area contributed by atoms with Crippen LogP contribution in [0.15, 0.2) is 42.5 Å². The van der Waals surface area contributed by atoms with Crippen molar-refractivity contribution in [2.24, 2.45) is 0 Å². The van der Waals surface area contributed by atoms with Gasteiger partial charge < -0.3 is 20.1 Å². The molecule has 0 spiro atoms. The smallest absolute Gasteiger partial charge is 0.255 e. The molecule has 2 N–H and O–H groups in total. The average Bonchev–Trinajstić information content (AvgIpc) is 2.66. The molecule has 1 fully saturated rings. The van der Waals surface area contributed by atoms with Crippen LogP contribution in [0.1, 0.15) is 22.0 Å². The average molecular weight is 393 g/mol. The number of rotatable bonds is 4. The molecule has 6 nitrogen and oxygen atoms in total. The third kappa shape index (κ3) is 4.10. The number of anilines is 1. The van der Waals surface area contributed by atoms with E-state index in [4.69, 9.17) is 16.3 Å². The van der Waals surface area contributed by atoms with Crippen LogP contribution in [0.3, 0.4) is 0 Å². The second-order valence-electron chi connectivity index (χ2n) is 6.19. The molecule has 2 atom stereocenters. The van der Waals surface area contributed by atoms with Crippen molar-refractivity contribution in [1.82, 2.24) is 4.90 Å². The van der Waals surface area contributed by atoms with Crippen molar-refractivity contribution in [2.75, 3.05) is 25.6 Å². The topological polar surface area (TPSA) is 78.9 Å². The largest absolute Gasteiger partial charge is 0.394 e. The quantitative estimate of drug-likeness (QED) is 0.838. The fourth-order valence-corrected chi connectivity index (χ4v) is 3.08. The zero-order valence-corrected chi connectivity index (χ0v) is 15.2. The lowest BCUT2D eigenvalue weighted by Gasteiger charge is -2.38. The van der Waals surface area contributed by atoms with Gasteiger partial charge in [0, 0.05) is 18.3 Å². The Balaban J connectivity index is 1.72. The number of hydrogen-bond acceptors (Lipinski definition) is 4. The number of aliphatic hydroxyl groups excluding tert-OH is 1. The molecule has 142 valence electrons. The van der Waals surface area contributed by atoms with Gasteiger partial charge in [0.15, 0.2) is 0 Å². The molecule has 0 bridgehead atoms. The van der Waals surface area contributed by atoms with E-state index in [0.717, 1.165) is 11.6 Å². The second kappa shape index (κ2) is 8.04. The SMILES string of the molecule is CN1C(=O)COC(c2ccc(NC(=O)c3ccc(F)c(Cl)c3)cc2)C1CO. The first kappa shape index (κ1) is 19.3. The van der Waals surface area contributed by atoms with Crippen molar-refractivity contribution in [1.29, 1.82) is 0 Å². The molecular formula is C19H18ClFN2O4. The van der Waals surface area contributed by atoms with E-state index in [2.05, 4.69) is 5.32 Å². The van der Waals surface area contributed by atoms with E-state index in [0.29, 0.717) is 5.69 Å². The maximum atomic E-state index is 13.2. The van der Waals surface area contributed by atoms with Crippen LogP contribution in [-0.2, 0) is 9.53 Å². The summed E-state index contributed by atoms with van der Waals surface area (Å²) in [5.74, 6) is -1.20. The molecule has 0 radical (unpaired) electrons. The minimum atomic E-state index is -0.591. The number of morpholine rings is 1. The summed E-state index contributed by atoms with van der Waals surface area (Å²) in [6, 6.07) is 10.1. The maximum absolute atomic E-state index is 13.2. The molecule has 0 aliphatic carbocycles. The normalized spacial score (nSPS) is 19.9. The predicted molar refractivity (Wildman–Crippen MR) is 98.1 cm³/mol. The predicted octanol–water partition coefficient (Wildman–Crippen LogP) is 2.62. The number of carbonyl (C=O) groups excluding carboxylic acids is 2. The summed E-state index contributed by atoms with van der Waals surface area (Å²) in [4.78, 5) is 25.4. The Morgan fingerprint density at radius 3 is 2.67 bits per heavy atom. The first-order chi connectivity index (χ1) is 12.9. The van der Waals surface area contributed by atoms with Crippen molar-refractivity contribution >= 4 is 29.1 Å². The molecule has 2 aromatic rings. The van der Waals surface area contributed by atoms with Crippen LogP contribution in [-0.4, -0.2) is 48.1 Å². The second-order valence-corrected chi connectivity index (χ2v) is 6.60. The zero-order chi connectivity index (χ0) is 19.6. The number of benzene rings is 2. The van der Waals surface area contributed by atoms with Crippen LogP contribution >= 0.6 is 11.6 Å². The van der Waals surface area contributed by atoms with Gasteiger partial charge in [0.05, 0.1) is 17.7 Å². The van der Waals surface area contributed by atoms with E-state index in [1.807, 2.05) is 0 Å². The van der Waals surface area contributed by atoms with Gasteiger partial charge in [-0.2, -0.15) is 0 Å². The molecule has 2 amide bonds. The van der Waals surface area contributed by atoms with Crippen molar-refractivity contribution in [3.8, 4) is 0 Å². The molecule has 1 aliphatic heterocycles. The maximum Gasteiger partial charge on any atom is 0.255 e. The number of hydrogen-bond donors (Lipinski definition) is 2. The fraction of sp³-hybridized carbons (Fsp3) is 0.263. The van der Waals surface area contributed by atoms with Crippen LogP contribution in [0, 0.1) is 5.82 Å². The first-order valence-corrected chi connectivity index (χ1v) is 8.63. The number of carbonyl (C=O) groups is 2. The van der Waals surface area contributed by atoms with Gasteiger partial charge >= 0.3 is 0 Å². The van der Waals surface area contributed by atoms with E-state index in [-0.39, 0.29) is 29.7 Å². The van der Waals surface area contributed by atoms with Crippen molar-refractivity contribution in [2.45, 2.75) is 12.1 Å². The van der Waals surface area contributed by atoms with E-state index in [1.165, 1.54) is 17.0 Å². The van der Waals surface area contributed by atoms with Crippen LogP contribution in [0.2, 0.25) is 5.02 Å². The lowest BCUT2D eigenvalue weighted by Crippen LogP contribution is -2.50. The number of halogens is 2. The van der Waals surface area contributed by atoms with Gasteiger partial charge in [-0.25, -0.2) is 4.39 Å². The van der Waals surface area contributed by atoms with Gasteiger partial charge in [-0.3, -0.25) is 9.59 Å². The lowest BCUT2D eigenvalue weighted by molar-refractivity contribution is -0.157. The first-order valence-electron chi connectivity index (χ1n) is 8.25. The van der Waals surface area contributed by atoms with Crippen LogP contribution in [0.25, 0.3) is 0 Å². The van der Waals surface area contributed by atoms with E-state index >= 15 is 0 Å². The summed E-state index contributed by atoms with van der Waals surface area (Å²) in [5.41, 5.74) is 1.54. The third-order valence-electron chi connectivity index (χ3n) is 4.49. The number of ether oxygens (including phenoxy) is 1. The van der Waals surface area contributed by atoms with E-state index in [9.17, 15) is 19.1 Å². The zero-order valence-electron chi connectivity index (χ0n) is 14.5. The number of nitrogens with one attached hydrogen (secondary N) is 1. The third-order valence-corrected chi connectivity index (χ3v) is 4.78. The van der Waals surface area contributed by atoms with Gasteiger partial charge in [0.2, 0.25) is 5.91 Å². The molecule has 2 unspecified atom stereocenters. The number of likely N-dealkylation sites (N-methyl/N-ethyl adjacent to an activating group) is 1. The number of nitrogens with zero attached hydrogens (tertiary/aromatic N) is 1. The van der Waals surface area contributed by atoms with Crippen LogP contribution in [0.4, 0.5) is 10.1 Å². The van der Waals surface area contributed by atoms with E-state index in [1.54, 1.807) is 31.3 Å². The molecular weight excluding hydrogens is 375 g/mol. The van der Waals surface area contributed by atoms with Crippen molar-refractivity contribution < 1.29 is 23.8 Å². The molecule has 1 heterocycles. The number of aliphatic hydroxyl groups is 1. The summed E-state index contributed by atoms with van der Waals surface area (Å²) >= 11 is 5.70. The Kier molecular flexibility index (Phi) is 5.74. The molecule has 3 rings (SSSR count). The van der Waals surface area contributed by atoms with E-state index < -0.39 is 23.9 Å². The Morgan fingerprint density at radius 2 is 2.04 bits per heavy atom. The molecule has 27 heavy (non-hydrogen) atoms. The van der Waals surface area contributed by atoms with Gasteiger partial charge in [-0.1, -0.05) is 23.7 Å². The highest BCUT2D eigenvalue weighted by Gasteiger charge is 2.34. The fourth-order valence-electron chi connectivity index (χ4n) is 2.90. The Bertz CT molecular complexity index is 859. The molecule has 1 saturated heterocycles. The highest BCUT2D eigenvalue weighted by atomic mass is 35.5. The van der Waals surface area contributed by atoms with Crippen molar-refractivity contribution in [3.63, 3.8) is 0 Å². The molecule has 0 saturated carbocycles. The van der Waals surface area contributed by atoms with Gasteiger partial charge in [0.25, 0.3) is 5.91 Å². The summed E-state index contributed by atoms with van der Waals surface area (Å²) in [6.07, 6.45) is -0.460. The monoisotopic (exact) mass is 392 g/mol. The summed E-state index contributed by atoms with van der Waals surface area (Å²) in [5, 5.41) is 12.2. The Hall–Kier alpha value is -2.48. The van der Waals surface area contributed by atoms with Crippen LogP contribution < -0.4 is 5.32 Å². The minimum absolute atomic E-state index is 0.0541. The van der Waals surface area contributed by atoms with Crippen LogP contribution in [0.5, 0.6) is 0 Å². The summed E-state index contributed by atoms with van der Waals surface area (Å²) < 4.78 is 18.8. The number of amides is 2. The molecule has 0 aromatic heterocycles. The standard InChI is InChI=1S/C19H18ClFN2O4/c1-23-16(9-24)18(27-10-17(23)25)11-2-5-13(6-3-11)22-19(26)12-4-7-15(21)14(20)8-12/h2-8,16,18,24H,9-10H2,1H3,(H,22,26). The Labute approximate surface area is 160 Å². The highest BCUT2D eigenvalue weighted by molar-refractivity contribution is 6.31. The molecule has 2 aromatic carbocycles. The summed E-state index contributed by atoms with van der Waals surface area (Å²) in [7, 11) is 1.63. The molecule has 1 aliphatic rings. The van der Waals surface area contributed by atoms with Gasteiger partial charge in [0.1, 0.15) is 18.5 Å². The lowest BCUT2D eigenvalue weighted by atomic mass is 9.99. The minimum Gasteiger partial charge on any atom is -0.394 e. The van der Waals surface area contributed by atoms with Crippen molar-refractivity contribution in [3.05, 3.63) is 64.4 Å². The van der Waals surface area contributed by atoms with Gasteiger partial charge in [-0.15, -0.1) is 0 Å². The summed E-state index contributed by atoms with van der Waals surface area (Å²) in [6.45, 7) is -0.280. The van der Waals surface area contributed by atoms with Gasteiger partial charge in [-0.05, 0) is 35.9 Å². The highest BCUT2D eigenvalue weighted by Crippen LogP contribution is 2.29. The Morgan fingerprint density at radius 1 is 1.33 bits per heavy atom. The molecule has 8 heteroatoms.